The highest BCUT2D eigenvalue weighted by Crippen LogP contribution is 2.36. The van der Waals surface area contributed by atoms with E-state index in [1.807, 2.05) is 38.1 Å². The van der Waals surface area contributed by atoms with Gasteiger partial charge in [0.05, 0.1) is 23.3 Å². The number of sulfone groups is 1. The fourth-order valence-electron chi connectivity index (χ4n) is 6.73. The highest BCUT2D eigenvalue weighted by molar-refractivity contribution is 7.92. The summed E-state index contributed by atoms with van der Waals surface area (Å²) in [7, 11) is -6.76. The molecule has 13 heteroatoms. The molecule has 3 saturated heterocycles. The van der Waals surface area contributed by atoms with E-state index >= 15 is 0 Å². The molecule has 11 nitrogen and oxygen atoms in total. The maximum absolute atomic E-state index is 13.1. The van der Waals surface area contributed by atoms with Gasteiger partial charge in [-0.1, -0.05) is 18.2 Å². The number of carbonyl (C=O) groups is 1. The molecule has 4 atom stereocenters. The number of hydrogen-bond donors (Lipinski definition) is 1. The molecule has 40 heavy (non-hydrogen) atoms. The molecule has 4 heterocycles. The fraction of sp³-hybridized carbons (Fsp3) is 0.630. The third kappa shape index (κ3) is 6.07. The number of carbonyl (C=O) groups excluding carboxylic acids is 1. The second-order valence-electron chi connectivity index (χ2n) is 11.6. The number of ether oxygens (including phenoxy) is 1. The topological polar surface area (TPSA) is 135 Å². The Labute approximate surface area is 235 Å². The van der Waals surface area contributed by atoms with Crippen molar-refractivity contribution in [3.63, 3.8) is 0 Å². The van der Waals surface area contributed by atoms with Gasteiger partial charge in [0.25, 0.3) is 5.56 Å². The number of sulfonamides is 1. The molecule has 3 fully saturated rings. The molecule has 1 amide bonds. The molecule has 5 rings (SSSR count). The maximum atomic E-state index is 13.1. The summed E-state index contributed by atoms with van der Waals surface area (Å²) in [6.07, 6.45) is 4.07. The molecule has 1 unspecified atom stereocenters. The van der Waals surface area contributed by atoms with Gasteiger partial charge >= 0.3 is 6.09 Å². The SMILES string of the molecule is CC(C)n1c(=O)c(OC(=O)N[C@@H]2C[C@H]3CC[C@@H](C2)N3CCN(C2CCS(=O)(=O)C2)S(C)(=O)=O)cc2ccccc21. The summed E-state index contributed by atoms with van der Waals surface area (Å²) in [5, 5.41) is 3.76. The Morgan fingerprint density at radius 2 is 1.82 bits per heavy atom. The van der Waals surface area contributed by atoms with Gasteiger partial charge in [-0.3, -0.25) is 9.69 Å². The summed E-state index contributed by atoms with van der Waals surface area (Å²) >= 11 is 0. The van der Waals surface area contributed by atoms with E-state index in [1.54, 1.807) is 10.6 Å². The Bertz CT molecular complexity index is 1540. The smallest absolute Gasteiger partial charge is 0.404 e. The zero-order valence-electron chi connectivity index (χ0n) is 23.2. The number of fused-ring (bicyclic) bond motifs is 3. The summed E-state index contributed by atoms with van der Waals surface area (Å²) < 4.78 is 57.4. The normalized spacial score (nSPS) is 26.5. The largest absolute Gasteiger partial charge is 0.413 e. The minimum Gasteiger partial charge on any atom is -0.404 e. The molecule has 220 valence electrons. The molecule has 3 aliphatic heterocycles. The van der Waals surface area contributed by atoms with Gasteiger partial charge in [0, 0.05) is 48.7 Å². The number of nitrogens with zero attached hydrogens (tertiary/aromatic N) is 3. The van der Waals surface area contributed by atoms with Crippen LogP contribution in [-0.2, 0) is 19.9 Å². The van der Waals surface area contributed by atoms with Crippen LogP contribution in [0.4, 0.5) is 4.79 Å². The van der Waals surface area contributed by atoms with Crippen molar-refractivity contribution in [3.05, 3.63) is 40.7 Å². The number of aromatic nitrogens is 1. The molecule has 2 aromatic rings. The van der Waals surface area contributed by atoms with Crippen LogP contribution < -0.4 is 15.6 Å². The third-order valence-corrected chi connectivity index (χ3v) is 11.5. The first-order chi connectivity index (χ1) is 18.8. The first kappa shape index (κ1) is 29.0. The van der Waals surface area contributed by atoms with Gasteiger partial charge in [-0.05, 0) is 58.1 Å². The summed E-state index contributed by atoms with van der Waals surface area (Å²) in [5.74, 6) is -0.118. The summed E-state index contributed by atoms with van der Waals surface area (Å²) in [6.45, 7) is 4.58. The lowest BCUT2D eigenvalue weighted by Crippen LogP contribution is -2.53. The average molecular weight is 595 g/mol. The van der Waals surface area contributed by atoms with Crippen LogP contribution in [0.15, 0.2) is 35.1 Å². The zero-order valence-corrected chi connectivity index (χ0v) is 24.8. The van der Waals surface area contributed by atoms with E-state index < -0.39 is 32.0 Å². The quantitative estimate of drug-likeness (QED) is 0.491. The fourth-order valence-corrected chi connectivity index (χ4v) is 9.69. The van der Waals surface area contributed by atoms with E-state index in [9.17, 15) is 26.4 Å². The van der Waals surface area contributed by atoms with Crippen molar-refractivity contribution < 1.29 is 26.4 Å². The molecule has 0 aliphatic carbocycles. The van der Waals surface area contributed by atoms with Crippen LogP contribution in [0.25, 0.3) is 10.9 Å². The van der Waals surface area contributed by atoms with Crippen LogP contribution in [0.2, 0.25) is 0 Å². The predicted octanol–water partition coefficient (Wildman–Crippen LogP) is 2.11. The molecule has 1 aromatic heterocycles. The second-order valence-corrected chi connectivity index (χ2v) is 15.8. The van der Waals surface area contributed by atoms with E-state index in [0.29, 0.717) is 25.8 Å². The molecule has 0 spiro atoms. The molecule has 0 saturated carbocycles. The zero-order chi connectivity index (χ0) is 28.8. The lowest BCUT2D eigenvalue weighted by Gasteiger charge is -2.40. The predicted molar refractivity (Wildman–Crippen MR) is 153 cm³/mol. The van der Waals surface area contributed by atoms with Crippen LogP contribution in [0.1, 0.15) is 52.0 Å². The van der Waals surface area contributed by atoms with Crippen molar-refractivity contribution in [3.8, 4) is 5.75 Å². The van der Waals surface area contributed by atoms with Gasteiger partial charge in [0.15, 0.2) is 15.6 Å². The number of benzene rings is 1. The Morgan fingerprint density at radius 3 is 2.42 bits per heavy atom. The van der Waals surface area contributed by atoms with Crippen molar-refractivity contribution in [1.29, 1.82) is 0 Å². The second kappa shape index (κ2) is 11.1. The molecule has 2 bridgehead atoms. The molecule has 0 radical (unpaired) electrons. The Kier molecular flexibility index (Phi) is 8.03. The number of rotatable bonds is 8. The van der Waals surface area contributed by atoms with Crippen molar-refractivity contribution in [2.24, 2.45) is 0 Å². The number of pyridine rings is 1. The Morgan fingerprint density at radius 1 is 1.15 bits per heavy atom. The highest BCUT2D eigenvalue weighted by Gasteiger charge is 2.42. The summed E-state index contributed by atoms with van der Waals surface area (Å²) in [5.41, 5.74) is 0.424. The monoisotopic (exact) mass is 594 g/mol. The molecular weight excluding hydrogens is 556 g/mol. The summed E-state index contributed by atoms with van der Waals surface area (Å²) in [6, 6.07) is 8.70. The molecule has 1 aromatic carbocycles. The van der Waals surface area contributed by atoms with Crippen LogP contribution in [-0.4, -0.2) is 91.7 Å². The van der Waals surface area contributed by atoms with Crippen LogP contribution >= 0.6 is 0 Å². The number of para-hydroxylation sites is 1. The van der Waals surface area contributed by atoms with Gasteiger partial charge < -0.3 is 14.6 Å². The lowest BCUT2D eigenvalue weighted by molar-refractivity contribution is 0.106. The first-order valence-electron chi connectivity index (χ1n) is 13.9. The molecular formula is C27H38N4O7S2. The first-order valence-corrected chi connectivity index (χ1v) is 17.5. The van der Waals surface area contributed by atoms with Crippen molar-refractivity contribution in [2.75, 3.05) is 30.9 Å². The average Bonchev–Trinajstić information content (AvgIpc) is 3.32. The van der Waals surface area contributed by atoms with Crippen LogP contribution in [0, 0.1) is 0 Å². The maximum Gasteiger partial charge on any atom is 0.413 e. The van der Waals surface area contributed by atoms with Crippen LogP contribution in [0.3, 0.4) is 0 Å². The molecule has 1 N–H and O–H groups in total. The number of piperidine rings is 1. The third-order valence-electron chi connectivity index (χ3n) is 8.46. The van der Waals surface area contributed by atoms with E-state index in [-0.39, 0.29) is 53.5 Å². The Hall–Kier alpha value is -2.48. The van der Waals surface area contributed by atoms with Crippen molar-refractivity contribution in [2.45, 2.75) is 76.2 Å². The van der Waals surface area contributed by atoms with Crippen molar-refractivity contribution >= 4 is 36.9 Å². The number of hydrogen-bond acceptors (Lipinski definition) is 8. The van der Waals surface area contributed by atoms with Crippen LogP contribution in [0.5, 0.6) is 5.75 Å². The van der Waals surface area contributed by atoms with E-state index in [0.717, 1.165) is 30.0 Å². The van der Waals surface area contributed by atoms with E-state index in [2.05, 4.69) is 10.2 Å². The van der Waals surface area contributed by atoms with Gasteiger partial charge in [-0.25, -0.2) is 21.6 Å². The highest BCUT2D eigenvalue weighted by atomic mass is 32.2. The summed E-state index contributed by atoms with van der Waals surface area (Å²) in [4.78, 5) is 28.3. The van der Waals surface area contributed by atoms with Crippen molar-refractivity contribution in [1.82, 2.24) is 19.1 Å². The lowest BCUT2D eigenvalue weighted by atomic mass is 9.97. The van der Waals surface area contributed by atoms with Gasteiger partial charge in [-0.15, -0.1) is 0 Å². The molecule has 3 aliphatic rings. The van der Waals surface area contributed by atoms with E-state index in [1.165, 1.54) is 4.31 Å². The standard InChI is InChI=1S/C27H38N4O7S2/c1-18(2)31-24-7-5-4-6-19(24)14-25(26(31)32)38-27(33)28-20-15-21-8-9-22(16-20)29(21)11-12-30(39(3,34)35)23-10-13-40(36,37)17-23/h4-7,14,18,20-23H,8-13,15-17H2,1-3H3,(H,28,33)/t20-,21-,22+,23?. The number of nitrogens with one attached hydrogen (secondary N) is 1. The van der Waals surface area contributed by atoms with E-state index in [4.69, 9.17) is 4.74 Å². The van der Waals surface area contributed by atoms with Gasteiger partial charge in [0.2, 0.25) is 10.0 Å². The minimum atomic E-state index is -3.55. The number of amides is 1. The van der Waals surface area contributed by atoms with Gasteiger partial charge in [0.1, 0.15) is 0 Å². The van der Waals surface area contributed by atoms with Gasteiger partial charge in [-0.2, -0.15) is 4.31 Å². The minimum absolute atomic E-state index is 0.0138. The Balaban J connectivity index is 1.21.